The number of rotatable bonds is 6. The maximum Gasteiger partial charge on any atom is 0.243 e. The van der Waals surface area contributed by atoms with Crippen LogP contribution in [0.3, 0.4) is 0 Å². The van der Waals surface area contributed by atoms with Gasteiger partial charge in [-0.05, 0) is 0 Å². The van der Waals surface area contributed by atoms with Crippen molar-refractivity contribution in [1.82, 2.24) is 9.62 Å². The molecule has 0 unspecified atom stereocenters. The molecule has 0 spiro atoms. The molecule has 9 nitrogen and oxygen atoms in total. The molecule has 0 radical (unpaired) electrons. The summed E-state index contributed by atoms with van der Waals surface area (Å²) in [7, 11) is -4.00. The van der Waals surface area contributed by atoms with Crippen LogP contribution in [0.2, 0.25) is 0 Å². The molecule has 1 aliphatic heterocycles. The van der Waals surface area contributed by atoms with E-state index in [1.165, 1.54) is 6.92 Å². The number of nitrogens with zero attached hydrogens (tertiary/aromatic N) is 1. The molecule has 1 fully saturated rings. The zero-order valence-corrected chi connectivity index (χ0v) is 13.7. The Morgan fingerprint density at radius 3 is 2.18 bits per heavy atom. The van der Waals surface area contributed by atoms with Crippen molar-refractivity contribution in [3.8, 4) is 0 Å². The van der Waals surface area contributed by atoms with Crippen molar-refractivity contribution >= 4 is 15.9 Å². The molecule has 0 aromatic heterocycles. The first-order valence-corrected chi connectivity index (χ1v) is 8.59. The molecule has 1 heterocycles. The van der Waals surface area contributed by atoms with E-state index in [0.29, 0.717) is 0 Å². The van der Waals surface area contributed by atoms with Crippen LogP contribution in [0.25, 0.3) is 0 Å². The topological polar surface area (TPSA) is 136 Å². The number of hydrogen-bond acceptors (Lipinski definition) is 7. The summed E-state index contributed by atoms with van der Waals surface area (Å²) in [6.07, 6.45) is -4.34. The maximum absolute atomic E-state index is 12.6. The van der Waals surface area contributed by atoms with Crippen LogP contribution in [0.15, 0.2) is 0 Å². The molecule has 0 saturated carbocycles. The van der Waals surface area contributed by atoms with Gasteiger partial charge < -0.3 is 25.4 Å². The smallest absolute Gasteiger partial charge is 0.243 e. The normalized spacial score (nSPS) is 33.0. The van der Waals surface area contributed by atoms with E-state index in [4.69, 9.17) is 4.74 Å². The summed E-state index contributed by atoms with van der Waals surface area (Å²) in [5, 5.41) is 31.5. The van der Waals surface area contributed by atoms with Crippen LogP contribution in [0.5, 0.6) is 0 Å². The summed E-state index contributed by atoms with van der Waals surface area (Å²) >= 11 is 0. The Morgan fingerprint density at radius 1 is 1.23 bits per heavy atom. The Bertz CT molecular complexity index is 480. The molecule has 0 aromatic rings. The van der Waals surface area contributed by atoms with Gasteiger partial charge in [0.2, 0.25) is 15.9 Å². The van der Waals surface area contributed by atoms with Crippen LogP contribution >= 0.6 is 0 Å². The Labute approximate surface area is 129 Å². The standard InChI is InChI=1S/C12H24N2O7S/c1-4-14(5-2)22(19,20)12-9(13-7(3)16)11(18)10(17)8(6-15)21-12/h8-12,15,17-18H,4-6H2,1-3H3,(H,13,16)/t8-,9-,10-,11-,12-/m1/s1. The fourth-order valence-electron chi connectivity index (χ4n) is 2.46. The number of carbonyl (C=O) groups excluding carboxylic acids is 1. The molecule has 1 aliphatic rings. The zero-order chi connectivity index (χ0) is 17.1. The van der Waals surface area contributed by atoms with Crippen LogP contribution in [0.4, 0.5) is 0 Å². The van der Waals surface area contributed by atoms with Gasteiger partial charge in [-0.1, -0.05) is 13.8 Å². The second-order valence-corrected chi connectivity index (χ2v) is 7.07. The number of amides is 1. The van der Waals surface area contributed by atoms with Gasteiger partial charge in [0.05, 0.1) is 12.6 Å². The summed E-state index contributed by atoms with van der Waals surface area (Å²) < 4.78 is 31.7. The van der Waals surface area contributed by atoms with Crippen molar-refractivity contribution in [2.45, 2.75) is 50.6 Å². The van der Waals surface area contributed by atoms with Gasteiger partial charge in [-0.2, -0.15) is 0 Å². The molecule has 0 bridgehead atoms. The third-order valence-electron chi connectivity index (χ3n) is 3.61. The van der Waals surface area contributed by atoms with E-state index in [1.54, 1.807) is 13.8 Å². The average molecular weight is 340 g/mol. The fourth-order valence-corrected chi connectivity index (χ4v) is 4.35. The lowest BCUT2D eigenvalue weighted by molar-refractivity contribution is -0.176. The highest BCUT2D eigenvalue weighted by Crippen LogP contribution is 2.26. The molecule has 0 aliphatic carbocycles. The van der Waals surface area contributed by atoms with Gasteiger partial charge in [-0.3, -0.25) is 4.79 Å². The van der Waals surface area contributed by atoms with Crippen LogP contribution in [-0.4, -0.2) is 83.4 Å². The molecule has 0 aromatic carbocycles. The van der Waals surface area contributed by atoms with Crippen LogP contribution < -0.4 is 5.32 Å². The predicted molar refractivity (Wildman–Crippen MR) is 77.2 cm³/mol. The molecule has 22 heavy (non-hydrogen) atoms. The van der Waals surface area contributed by atoms with Crippen molar-refractivity contribution in [1.29, 1.82) is 0 Å². The highest BCUT2D eigenvalue weighted by molar-refractivity contribution is 7.89. The van der Waals surface area contributed by atoms with E-state index in [2.05, 4.69) is 5.32 Å². The first-order valence-electron chi connectivity index (χ1n) is 7.09. The van der Waals surface area contributed by atoms with E-state index in [9.17, 15) is 28.5 Å². The Balaban J connectivity index is 3.22. The van der Waals surface area contributed by atoms with Crippen molar-refractivity contribution in [2.75, 3.05) is 19.7 Å². The minimum atomic E-state index is -4.00. The van der Waals surface area contributed by atoms with E-state index >= 15 is 0 Å². The summed E-state index contributed by atoms with van der Waals surface area (Å²) in [5.74, 6) is -0.568. The summed E-state index contributed by atoms with van der Waals surface area (Å²) in [5.41, 5.74) is -1.59. The first kappa shape index (κ1) is 19.3. The summed E-state index contributed by atoms with van der Waals surface area (Å²) in [6, 6.07) is -1.33. The Kier molecular flexibility index (Phi) is 6.71. The fraction of sp³-hybridized carbons (Fsp3) is 0.917. The van der Waals surface area contributed by atoms with Gasteiger partial charge in [0.15, 0.2) is 5.44 Å². The summed E-state index contributed by atoms with van der Waals surface area (Å²) in [4.78, 5) is 11.3. The molecule has 10 heteroatoms. The van der Waals surface area contributed by atoms with Crippen molar-refractivity contribution in [3.05, 3.63) is 0 Å². The van der Waals surface area contributed by atoms with Gasteiger partial charge in [-0.15, -0.1) is 0 Å². The monoisotopic (exact) mass is 340 g/mol. The molecule has 1 rings (SSSR count). The molecule has 1 saturated heterocycles. The van der Waals surface area contributed by atoms with Gasteiger partial charge >= 0.3 is 0 Å². The highest BCUT2D eigenvalue weighted by atomic mass is 32.2. The Morgan fingerprint density at radius 2 is 1.77 bits per heavy atom. The molecular formula is C12H24N2O7S. The zero-order valence-electron chi connectivity index (χ0n) is 12.8. The number of aliphatic hydroxyl groups is 3. The third-order valence-corrected chi connectivity index (χ3v) is 5.84. The summed E-state index contributed by atoms with van der Waals surface area (Å²) in [6.45, 7) is 4.17. The maximum atomic E-state index is 12.6. The van der Waals surface area contributed by atoms with Crippen LogP contribution in [-0.2, 0) is 19.6 Å². The average Bonchev–Trinajstić information content (AvgIpc) is 2.44. The van der Waals surface area contributed by atoms with Gasteiger partial charge in [0.1, 0.15) is 18.3 Å². The number of aliphatic hydroxyl groups excluding tert-OH is 3. The molecular weight excluding hydrogens is 316 g/mol. The second-order valence-electron chi connectivity index (χ2n) is 5.06. The number of hydrogen-bond donors (Lipinski definition) is 4. The number of ether oxygens (including phenoxy) is 1. The minimum absolute atomic E-state index is 0.188. The van der Waals surface area contributed by atoms with E-state index in [0.717, 1.165) is 4.31 Å². The van der Waals surface area contributed by atoms with E-state index < -0.39 is 52.3 Å². The number of carbonyl (C=O) groups is 1. The third kappa shape index (κ3) is 3.76. The molecule has 5 atom stereocenters. The van der Waals surface area contributed by atoms with Crippen LogP contribution in [0.1, 0.15) is 20.8 Å². The van der Waals surface area contributed by atoms with Crippen molar-refractivity contribution in [3.63, 3.8) is 0 Å². The highest BCUT2D eigenvalue weighted by Gasteiger charge is 2.51. The van der Waals surface area contributed by atoms with Crippen LogP contribution in [0, 0.1) is 0 Å². The van der Waals surface area contributed by atoms with Crippen molar-refractivity contribution < 1.29 is 33.3 Å². The first-order chi connectivity index (χ1) is 10.2. The lowest BCUT2D eigenvalue weighted by atomic mass is 9.98. The largest absolute Gasteiger partial charge is 0.394 e. The molecule has 130 valence electrons. The number of nitrogens with one attached hydrogen (secondary N) is 1. The quantitative estimate of drug-likeness (QED) is 0.423. The van der Waals surface area contributed by atoms with Crippen molar-refractivity contribution in [2.24, 2.45) is 0 Å². The predicted octanol–water partition coefficient (Wildman–Crippen LogP) is -2.40. The van der Waals surface area contributed by atoms with E-state index in [-0.39, 0.29) is 13.1 Å². The van der Waals surface area contributed by atoms with Gasteiger partial charge in [0, 0.05) is 20.0 Å². The lowest BCUT2D eigenvalue weighted by Gasteiger charge is -2.43. The molecule has 1 amide bonds. The molecule has 4 N–H and O–H groups in total. The van der Waals surface area contributed by atoms with Gasteiger partial charge in [0.25, 0.3) is 0 Å². The number of sulfonamides is 1. The minimum Gasteiger partial charge on any atom is -0.394 e. The second kappa shape index (κ2) is 7.66. The Hall–Kier alpha value is -0.780. The van der Waals surface area contributed by atoms with Gasteiger partial charge in [-0.25, -0.2) is 12.7 Å². The van der Waals surface area contributed by atoms with E-state index in [1.807, 2.05) is 0 Å². The SMILES string of the molecule is CCN(CC)S(=O)(=O)[C@H]1O[C@H](CO)[C@@H](O)[C@H](O)[C@H]1NC(C)=O. The lowest BCUT2D eigenvalue weighted by Crippen LogP contribution is -2.67.